The van der Waals surface area contributed by atoms with Crippen LogP contribution in [0.1, 0.15) is 85.2 Å². The van der Waals surface area contributed by atoms with E-state index in [0.717, 1.165) is 30.5 Å². The number of benzene rings is 1. The molecule has 4 rings (SSSR count). The number of phenols is 1. The minimum absolute atomic E-state index is 0.0584. The van der Waals surface area contributed by atoms with Gasteiger partial charge in [-0.3, -0.25) is 10.2 Å². The molecular weight excluding hydrogens is 529 g/mol. The number of pyridine rings is 1. The third-order valence-corrected chi connectivity index (χ3v) is 6.50. The number of Topliss-reactive ketones (excluding diaryl/α,β-unsaturated/α-hetero) is 1. The molecule has 0 atom stereocenters. The average Bonchev–Trinajstić information content (AvgIpc) is 3.67. The van der Waals surface area contributed by atoms with Gasteiger partial charge >= 0.3 is 6.18 Å². The molecule has 1 aromatic heterocycles. The number of fused-ring (bicyclic) bond motifs is 1. The van der Waals surface area contributed by atoms with E-state index in [2.05, 4.69) is 6.07 Å². The summed E-state index contributed by atoms with van der Waals surface area (Å²) in [4.78, 5) is 28.5. The maximum absolute atomic E-state index is 13.3. The van der Waals surface area contributed by atoms with Gasteiger partial charge in [0.15, 0.2) is 17.3 Å². The summed E-state index contributed by atoms with van der Waals surface area (Å²) < 4.78 is 37.3. The third-order valence-electron chi connectivity index (χ3n) is 6.50. The number of aromatic nitrogens is 1. The predicted octanol–water partition coefficient (Wildman–Crippen LogP) is 4.50. The van der Waals surface area contributed by atoms with Crippen LogP contribution in [0.3, 0.4) is 0 Å². The SMILES string of the molecule is CC(C)(C)c1cc(C(=O)CN2Cc3ccc(C4CC4)nc3C2=N)cc(OCCCC[NH-])c1O.O=C([O-])C(F)(F)F. The number of hydrogen-bond acceptors (Lipinski definition) is 7. The molecule has 9 nitrogen and oxygen atoms in total. The Bertz CT molecular complexity index is 1270. The van der Waals surface area contributed by atoms with Crippen molar-refractivity contribution in [3.63, 3.8) is 0 Å². The highest BCUT2D eigenvalue weighted by Gasteiger charge is 2.32. The number of hydrogen-bond donors (Lipinski definition) is 2. The second-order valence-electron chi connectivity index (χ2n) is 10.9. The van der Waals surface area contributed by atoms with Gasteiger partial charge in [-0.05, 0) is 42.9 Å². The number of amidine groups is 1. The second-order valence-corrected chi connectivity index (χ2v) is 10.9. The van der Waals surface area contributed by atoms with Crippen LogP contribution in [0.5, 0.6) is 11.5 Å². The lowest BCUT2D eigenvalue weighted by Crippen LogP contribution is -2.37. The van der Waals surface area contributed by atoms with E-state index < -0.39 is 12.1 Å². The van der Waals surface area contributed by atoms with Gasteiger partial charge in [0.1, 0.15) is 17.5 Å². The molecule has 0 radical (unpaired) electrons. The Morgan fingerprint density at radius 1 is 1.20 bits per heavy atom. The van der Waals surface area contributed by atoms with Gasteiger partial charge in [0.25, 0.3) is 0 Å². The number of phenolic OH excluding ortho intramolecular Hbond substituents is 1. The first-order chi connectivity index (χ1) is 18.6. The van der Waals surface area contributed by atoms with E-state index in [9.17, 15) is 23.1 Å². The minimum Gasteiger partial charge on any atom is -0.677 e. The van der Waals surface area contributed by atoms with Crippen molar-refractivity contribution in [3.05, 3.63) is 58.1 Å². The van der Waals surface area contributed by atoms with E-state index in [1.165, 1.54) is 0 Å². The van der Waals surface area contributed by atoms with E-state index in [-0.39, 0.29) is 23.5 Å². The molecule has 2 aliphatic rings. The fourth-order valence-corrected chi connectivity index (χ4v) is 4.14. The molecule has 0 saturated heterocycles. The molecule has 0 unspecified atom stereocenters. The number of carbonyl (C=O) groups is 2. The minimum atomic E-state index is -5.19. The molecule has 0 amide bonds. The van der Waals surface area contributed by atoms with Crippen molar-refractivity contribution in [3.8, 4) is 11.5 Å². The Balaban J connectivity index is 0.000000559. The van der Waals surface area contributed by atoms with E-state index >= 15 is 0 Å². The number of nitrogens with zero attached hydrogens (tertiary/aromatic N) is 2. The number of halogens is 3. The van der Waals surface area contributed by atoms with Crippen LogP contribution in [-0.4, -0.2) is 58.5 Å². The first-order valence-electron chi connectivity index (χ1n) is 12.9. The number of carbonyl (C=O) groups excluding carboxylic acids is 2. The molecule has 1 saturated carbocycles. The van der Waals surface area contributed by atoms with Crippen LogP contribution in [0.2, 0.25) is 0 Å². The van der Waals surface area contributed by atoms with Gasteiger partial charge in [0.05, 0.1) is 13.2 Å². The molecule has 1 aromatic carbocycles. The number of carboxylic acid groups (broad SMARTS) is 1. The summed E-state index contributed by atoms with van der Waals surface area (Å²) in [6.45, 7) is 7.23. The molecule has 3 N–H and O–H groups in total. The molecule has 1 aliphatic carbocycles. The number of ketones is 1. The van der Waals surface area contributed by atoms with Gasteiger partial charge < -0.3 is 30.4 Å². The zero-order valence-corrected chi connectivity index (χ0v) is 22.7. The summed E-state index contributed by atoms with van der Waals surface area (Å²) in [5, 5.41) is 28.1. The number of nitrogens with one attached hydrogen (secondary N) is 2. The Hall–Kier alpha value is -3.67. The molecule has 1 fully saturated rings. The molecule has 218 valence electrons. The summed E-state index contributed by atoms with van der Waals surface area (Å²) in [6.07, 6.45) is -1.44. The maximum atomic E-state index is 13.3. The Morgan fingerprint density at radius 2 is 1.85 bits per heavy atom. The van der Waals surface area contributed by atoms with Gasteiger partial charge in [0, 0.05) is 34.8 Å². The Kier molecular flexibility index (Phi) is 9.44. The highest BCUT2D eigenvalue weighted by atomic mass is 19.4. The Morgan fingerprint density at radius 3 is 2.40 bits per heavy atom. The largest absolute Gasteiger partial charge is 0.677 e. The van der Waals surface area contributed by atoms with Crippen molar-refractivity contribution >= 4 is 17.6 Å². The zero-order valence-electron chi connectivity index (χ0n) is 22.7. The van der Waals surface area contributed by atoms with Gasteiger partial charge in [-0.2, -0.15) is 19.7 Å². The molecule has 1 aliphatic heterocycles. The number of aromatic hydroxyl groups is 1. The van der Waals surface area contributed by atoms with E-state index in [1.54, 1.807) is 17.0 Å². The average molecular weight is 563 g/mol. The van der Waals surface area contributed by atoms with E-state index in [4.69, 9.17) is 30.8 Å². The lowest BCUT2D eigenvalue weighted by Gasteiger charge is -2.24. The number of alkyl halides is 3. The van der Waals surface area contributed by atoms with Gasteiger partial charge in [-0.25, -0.2) is 4.98 Å². The molecular formula is C28H33F3N4O5-2. The third kappa shape index (κ3) is 7.71. The van der Waals surface area contributed by atoms with Crippen LogP contribution in [-0.2, 0) is 16.8 Å². The lowest BCUT2D eigenvalue weighted by atomic mass is 9.84. The summed E-state index contributed by atoms with van der Waals surface area (Å²) >= 11 is 0. The van der Waals surface area contributed by atoms with Crippen molar-refractivity contribution in [2.75, 3.05) is 19.7 Å². The zero-order chi connectivity index (χ0) is 29.8. The molecule has 2 aromatic rings. The molecule has 12 heteroatoms. The molecule has 0 bridgehead atoms. The summed E-state index contributed by atoms with van der Waals surface area (Å²) in [6, 6.07) is 7.43. The van der Waals surface area contributed by atoms with Gasteiger partial charge in [-0.1, -0.05) is 33.3 Å². The van der Waals surface area contributed by atoms with E-state index in [1.807, 2.05) is 26.8 Å². The van der Waals surface area contributed by atoms with Gasteiger partial charge in [0.2, 0.25) is 0 Å². The number of rotatable bonds is 9. The second kappa shape index (κ2) is 12.2. The van der Waals surface area contributed by atoms with Crippen LogP contribution in [0, 0.1) is 5.41 Å². The molecule has 2 heterocycles. The normalized spacial score (nSPS) is 14.9. The standard InChI is InChI=1S/C26H33N4O3.C2HF3O2/c1-26(2,3)19-12-18(13-22(24(19)32)33-11-5-4-10-27)21(31)15-30-14-17-8-9-20(16-6-7-16)29-23(17)25(30)28;3-2(4,5)1(6)7/h8-9,12-13,16,27-28,32H,4-7,10-11,14-15H2,1-3H3;(H,6,7)/q-1;/p-1. The van der Waals surface area contributed by atoms with E-state index in [0.29, 0.717) is 60.4 Å². The van der Waals surface area contributed by atoms with Crippen LogP contribution in [0.15, 0.2) is 24.3 Å². The predicted molar refractivity (Wildman–Crippen MR) is 140 cm³/mol. The van der Waals surface area contributed by atoms with Gasteiger partial charge in [-0.15, -0.1) is 0 Å². The number of ether oxygens (including phenoxy) is 1. The number of carboxylic acids is 1. The number of unbranched alkanes of at least 4 members (excludes halogenated alkanes) is 1. The lowest BCUT2D eigenvalue weighted by molar-refractivity contribution is -0.344. The Labute approximate surface area is 230 Å². The molecule has 40 heavy (non-hydrogen) atoms. The van der Waals surface area contributed by atoms with Crippen molar-refractivity contribution < 1.29 is 37.7 Å². The van der Waals surface area contributed by atoms with Crippen molar-refractivity contribution in [1.29, 1.82) is 5.41 Å². The summed E-state index contributed by atoms with van der Waals surface area (Å²) in [7, 11) is 0. The fourth-order valence-electron chi connectivity index (χ4n) is 4.14. The summed E-state index contributed by atoms with van der Waals surface area (Å²) in [5.41, 5.74) is 10.7. The molecule has 0 spiro atoms. The summed E-state index contributed by atoms with van der Waals surface area (Å²) in [5.74, 6) is -1.97. The number of aliphatic carboxylic acids is 1. The smallest absolute Gasteiger partial charge is 0.430 e. The van der Waals surface area contributed by atoms with Crippen molar-refractivity contribution in [2.45, 2.75) is 70.5 Å². The van der Waals surface area contributed by atoms with Crippen LogP contribution >= 0.6 is 0 Å². The maximum Gasteiger partial charge on any atom is 0.430 e. The first-order valence-corrected chi connectivity index (χ1v) is 12.9. The van der Waals surface area contributed by atoms with Crippen molar-refractivity contribution in [2.24, 2.45) is 0 Å². The van der Waals surface area contributed by atoms with Crippen molar-refractivity contribution in [1.82, 2.24) is 9.88 Å². The first kappa shape index (κ1) is 30.9. The van der Waals surface area contributed by atoms with Crippen LogP contribution in [0.25, 0.3) is 5.73 Å². The quantitative estimate of drug-likeness (QED) is 0.337. The van der Waals surface area contributed by atoms with Crippen LogP contribution < -0.4 is 9.84 Å². The highest BCUT2D eigenvalue weighted by Crippen LogP contribution is 2.40. The highest BCUT2D eigenvalue weighted by molar-refractivity contribution is 6.04. The fraction of sp³-hybridized carbons (Fsp3) is 0.500. The monoisotopic (exact) mass is 562 g/mol. The topological polar surface area (TPSA) is 150 Å². The van der Waals surface area contributed by atoms with Crippen LogP contribution in [0.4, 0.5) is 13.2 Å².